The lowest BCUT2D eigenvalue weighted by Crippen LogP contribution is -1.91. The Labute approximate surface area is 739 Å². The van der Waals surface area contributed by atoms with E-state index in [9.17, 15) is 0 Å². The summed E-state index contributed by atoms with van der Waals surface area (Å²) in [6.07, 6.45) is 3.64. The summed E-state index contributed by atoms with van der Waals surface area (Å²) >= 11 is 0. The molecule has 6 nitrogen and oxygen atoms in total. The van der Waals surface area contributed by atoms with Crippen LogP contribution in [0.15, 0.2) is 500 Å². The highest BCUT2D eigenvalue weighted by molar-refractivity contribution is 6.28. The van der Waals surface area contributed by atoms with Crippen LogP contribution in [0.2, 0.25) is 0 Å². The lowest BCUT2D eigenvalue weighted by atomic mass is 9.85. The third kappa shape index (κ3) is 13.8. The van der Waals surface area contributed by atoms with Crippen LogP contribution in [0.5, 0.6) is 0 Å². The molecule has 602 valence electrons. The number of rotatable bonds is 14. The average molecular weight is 1640 g/mol. The molecule has 0 aliphatic carbocycles. The Morgan fingerprint density at radius 2 is 0.375 bits per heavy atom. The van der Waals surface area contributed by atoms with Gasteiger partial charge in [0.15, 0.2) is 0 Å². The normalized spacial score (nSPS) is 11.4. The van der Waals surface area contributed by atoms with Gasteiger partial charge in [0.25, 0.3) is 0 Å². The van der Waals surface area contributed by atoms with E-state index in [2.05, 4.69) is 376 Å². The Balaban J connectivity index is 0.000000129. The molecule has 6 heterocycles. The minimum absolute atomic E-state index is 0.804. The van der Waals surface area contributed by atoms with Gasteiger partial charge in [-0.1, -0.05) is 437 Å². The van der Waals surface area contributed by atoms with Gasteiger partial charge in [0, 0.05) is 99.1 Å². The van der Waals surface area contributed by atoms with Crippen LogP contribution in [0, 0.1) is 0 Å². The molecule has 6 aromatic heterocycles. The van der Waals surface area contributed by atoms with Gasteiger partial charge in [0.1, 0.15) is 56.5 Å². The Bertz CT molecular complexity index is 7820. The first kappa shape index (κ1) is 75.9. The fraction of sp³-hybridized carbons (Fsp3) is 0. The molecule has 0 radical (unpaired) electrons. The van der Waals surface area contributed by atoms with E-state index >= 15 is 0 Å². The maximum Gasteiger partial charge on any atom is 0.144 e. The Morgan fingerprint density at radius 1 is 0.141 bits per heavy atom. The molecule has 0 bridgehead atoms. The van der Waals surface area contributed by atoms with E-state index in [1.54, 1.807) is 0 Å². The first-order valence-corrected chi connectivity index (χ1v) is 43.3. The molecule has 0 saturated carbocycles. The first-order valence-electron chi connectivity index (χ1n) is 43.3. The van der Waals surface area contributed by atoms with Crippen molar-refractivity contribution in [2.45, 2.75) is 0 Å². The second-order valence-corrected chi connectivity index (χ2v) is 32.2. The molecule has 0 fully saturated rings. The quantitative estimate of drug-likeness (QED) is 0.108. The fourth-order valence-electron chi connectivity index (χ4n) is 18.7. The molecule has 0 aliphatic rings. The number of furan rings is 6. The van der Waals surface area contributed by atoms with Gasteiger partial charge in [-0.3, -0.25) is 0 Å². The monoisotopic (exact) mass is 1640 g/mol. The van der Waals surface area contributed by atoms with Gasteiger partial charge in [-0.05, 0) is 113 Å². The van der Waals surface area contributed by atoms with Crippen molar-refractivity contribution in [2.75, 3.05) is 0 Å². The Morgan fingerprint density at radius 3 is 0.695 bits per heavy atom. The zero-order valence-corrected chi connectivity index (χ0v) is 69.5. The van der Waals surface area contributed by atoms with Crippen molar-refractivity contribution >= 4 is 87.4 Å². The van der Waals surface area contributed by atoms with Crippen LogP contribution in [0.1, 0.15) is 0 Å². The van der Waals surface area contributed by atoms with E-state index in [1.807, 2.05) is 97.5 Å². The van der Waals surface area contributed by atoms with Crippen LogP contribution in [-0.4, -0.2) is 0 Å². The van der Waals surface area contributed by atoms with E-state index in [0.29, 0.717) is 0 Å². The predicted molar refractivity (Wildman–Crippen MR) is 529 cm³/mol. The highest BCUT2D eigenvalue weighted by atomic mass is 16.4. The molecule has 25 rings (SSSR count). The molecule has 0 saturated heterocycles. The largest absolute Gasteiger partial charge is 0.464 e. The highest BCUT2D eigenvalue weighted by Crippen LogP contribution is 2.57. The number of benzene rings is 19. The summed E-state index contributed by atoms with van der Waals surface area (Å²) < 4.78 is 40.0. The van der Waals surface area contributed by atoms with Crippen LogP contribution >= 0.6 is 0 Å². The molecular formula is C122H78O6. The number of fused-ring (bicyclic) bond motifs is 8. The van der Waals surface area contributed by atoms with Gasteiger partial charge in [-0.2, -0.15) is 0 Å². The van der Waals surface area contributed by atoms with Crippen molar-refractivity contribution in [2.24, 2.45) is 0 Å². The average Bonchev–Trinajstić information content (AvgIpc) is 1.53. The molecule has 0 spiro atoms. The maximum absolute atomic E-state index is 7.57. The van der Waals surface area contributed by atoms with Gasteiger partial charge >= 0.3 is 0 Å². The smallest absolute Gasteiger partial charge is 0.144 e. The molecule has 25 aromatic rings. The van der Waals surface area contributed by atoms with E-state index in [4.69, 9.17) is 26.5 Å². The van der Waals surface area contributed by atoms with E-state index in [-0.39, 0.29) is 0 Å². The van der Waals surface area contributed by atoms with Crippen LogP contribution < -0.4 is 0 Å². The standard InChI is InChI=1S/C66H42O2.C34H22O2.C22H14O2/c1-5-21-47(22-6-1)57-61-59(49-39-35-45(36-40-49)55-33-17-29-43-19-13-15-31-53(43)55)66-62(58(48-23-7-2-8-24-48)64(68-66)52-27-11-4-12-28-52)60(65(61)67-63(57)51-25-9-3-10-26-51)50-41-37-46(38-42-50)56-34-18-30-44-20-14-16-32-54(44)56;1-5-13-23(14-6-1)31-27-21-30-28(22-29(27)35-33(31)25-17-9-3-10-18-25)32(24-15-7-2-8-16-24)34(36-30)26-19-11-4-12-20-26;1-3-7-15(8-4-1)19-13-23-21-12-18-20(16-9-5-2-6-10-16)14-24-22(18)11-17(19)21/h1-42H;1-22H;1-14H. The van der Waals surface area contributed by atoms with Crippen molar-refractivity contribution in [1.29, 1.82) is 0 Å². The van der Waals surface area contributed by atoms with Gasteiger partial charge in [0.05, 0.1) is 12.5 Å². The minimum Gasteiger partial charge on any atom is -0.464 e. The number of hydrogen-bond acceptors (Lipinski definition) is 6. The second-order valence-electron chi connectivity index (χ2n) is 32.2. The molecular weight excluding hydrogens is 1560 g/mol. The van der Waals surface area contributed by atoms with Crippen molar-refractivity contribution in [3.05, 3.63) is 474 Å². The Hall–Kier alpha value is -17.1. The SMILES string of the molecule is c1ccc(-c2coc3cc4c(-c5ccccc5)coc4cc23)cc1.c1ccc(-c2oc3c(-c4ccc(-c5cccc6ccccc56)cc4)c4c(-c5ccccc5)c(-c5ccccc5)oc4c(-c4ccc(-c5cccc6ccccc56)cc4)c3c2-c2ccccc2)cc1.c1ccc(-c2oc3cc4c(-c5ccccc5)c(-c5ccccc5)oc4cc3c2-c2ccccc2)cc1. The van der Waals surface area contributed by atoms with Crippen molar-refractivity contribution in [1.82, 2.24) is 0 Å². The second kappa shape index (κ2) is 33.0. The topological polar surface area (TPSA) is 78.8 Å². The molecule has 0 N–H and O–H groups in total. The van der Waals surface area contributed by atoms with Crippen LogP contribution in [0.4, 0.5) is 0 Å². The predicted octanol–water partition coefficient (Wildman–Crippen LogP) is 35.2. The first-order chi connectivity index (χ1) is 63.5. The van der Waals surface area contributed by atoms with Crippen molar-refractivity contribution in [3.8, 4) is 157 Å². The van der Waals surface area contributed by atoms with E-state index < -0.39 is 0 Å². The fourth-order valence-corrected chi connectivity index (χ4v) is 18.7. The Kier molecular flexibility index (Phi) is 19.5. The van der Waals surface area contributed by atoms with Crippen molar-refractivity contribution < 1.29 is 26.5 Å². The van der Waals surface area contributed by atoms with Crippen LogP contribution in [-0.2, 0) is 0 Å². The molecule has 0 atom stereocenters. The lowest BCUT2D eigenvalue weighted by Gasteiger charge is -2.15. The van der Waals surface area contributed by atoms with Gasteiger partial charge < -0.3 is 26.5 Å². The summed E-state index contributed by atoms with van der Waals surface area (Å²) in [6.45, 7) is 0. The van der Waals surface area contributed by atoms with Gasteiger partial charge in [-0.15, -0.1) is 0 Å². The van der Waals surface area contributed by atoms with Crippen LogP contribution in [0.3, 0.4) is 0 Å². The molecule has 0 amide bonds. The summed E-state index contributed by atoms with van der Waals surface area (Å²) in [6, 6.07) is 161. The molecule has 128 heavy (non-hydrogen) atoms. The summed E-state index contributed by atoms with van der Waals surface area (Å²) in [5.41, 5.74) is 30.9. The third-order valence-electron chi connectivity index (χ3n) is 24.7. The lowest BCUT2D eigenvalue weighted by molar-refractivity contribution is 0.613. The molecule has 6 heteroatoms. The summed E-state index contributed by atoms with van der Waals surface area (Å²) in [5, 5.41) is 11.1. The zero-order valence-electron chi connectivity index (χ0n) is 69.5. The third-order valence-corrected chi connectivity index (χ3v) is 24.7. The zero-order chi connectivity index (χ0) is 84.8. The summed E-state index contributed by atoms with van der Waals surface area (Å²) in [7, 11) is 0. The maximum atomic E-state index is 7.57. The number of hydrogen-bond donors (Lipinski definition) is 0. The van der Waals surface area contributed by atoms with Crippen molar-refractivity contribution in [3.63, 3.8) is 0 Å². The summed E-state index contributed by atoms with van der Waals surface area (Å²) in [4.78, 5) is 0. The van der Waals surface area contributed by atoms with Crippen LogP contribution in [0.25, 0.3) is 244 Å². The van der Waals surface area contributed by atoms with Gasteiger partial charge in [0.2, 0.25) is 0 Å². The molecule has 0 unspecified atom stereocenters. The van der Waals surface area contributed by atoms with E-state index in [1.165, 1.54) is 32.7 Å². The highest BCUT2D eigenvalue weighted by Gasteiger charge is 2.34. The van der Waals surface area contributed by atoms with Gasteiger partial charge in [-0.25, -0.2) is 0 Å². The molecule has 0 aliphatic heterocycles. The minimum atomic E-state index is 0.804. The van der Waals surface area contributed by atoms with E-state index in [0.717, 1.165) is 211 Å². The molecule has 19 aromatic carbocycles. The summed E-state index contributed by atoms with van der Waals surface area (Å²) in [5.74, 6) is 3.36.